The first-order valence-corrected chi connectivity index (χ1v) is 11.1. The van der Waals surface area contributed by atoms with Crippen LogP contribution in [0.3, 0.4) is 0 Å². The lowest BCUT2D eigenvalue weighted by atomic mass is 9.94. The lowest BCUT2D eigenvalue weighted by Crippen LogP contribution is -2.46. The Morgan fingerprint density at radius 3 is 2.37 bits per heavy atom. The molecule has 0 aliphatic carbocycles. The van der Waals surface area contributed by atoms with Crippen molar-refractivity contribution in [1.29, 1.82) is 0 Å². The number of aromatic nitrogens is 2. The molecule has 176 valence electrons. The second kappa shape index (κ2) is 9.23. The number of ether oxygens (including phenoxy) is 1. The van der Waals surface area contributed by atoms with Crippen molar-refractivity contribution in [3.63, 3.8) is 0 Å². The molecular formula is C26H20ClFN4O3. The molecule has 1 N–H and O–H groups in total. The molecule has 4 aromatic rings. The number of anilines is 1. The maximum Gasteiger partial charge on any atom is 0.326 e. The first-order valence-electron chi connectivity index (χ1n) is 10.8. The summed E-state index contributed by atoms with van der Waals surface area (Å²) in [7, 11) is 1.60. The molecular weight excluding hydrogens is 471 g/mol. The number of amides is 2. The highest BCUT2D eigenvalue weighted by molar-refractivity contribution is 6.30. The van der Waals surface area contributed by atoms with Gasteiger partial charge in [-0.15, -0.1) is 0 Å². The lowest BCUT2D eigenvalue weighted by Gasteiger charge is -2.35. The van der Waals surface area contributed by atoms with Gasteiger partial charge in [0.05, 0.1) is 24.4 Å². The third kappa shape index (κ3) is 4.36. The second-order valence-corrected chi connectivity index (χ2v) is 8.33. The van der Waals surface area contributed by atoms with Crippen LogP contribution in [0, 0.1) is 5.82 Å². The van der Waals surface area contributed by atoms with Crippen LogP contribution in [0.2, 0.25) is 5.02 Å². The minimum absolute atomic E-state index is 0.250. The van der Waals surface area contributed by atoms with Crippen LogP contribution in [-0.2, 0) is 0 Å². The van der Waals surface area contributed by atoms with E-state index >= 15 is 0 Å². The van der Waals surface area contributed by atoms with Crippen LogP contribution in [0.5, 0.6) is 5.75 Å². The normalized spacial score (nSPS) is 15.8. The Morgan fingerprint density at radius 2 is 1.71 bits per heavy atom. The number of halogens is 2. The van der Waals surface area contributed by atoms with E-state index in [4.69, 9.17) is 20.9 Å². The van der Waals surface area contributed by atoms with Crippen molar-refractivity contribution < 1.29 is 18.4 Å². The summed E-state index contributed by atoms with van der Waals surface area (Å²) >= 11 is 6.08. The van der Waals surface area contributed by atoms with E-state index in [2.05, 4.69) is 15.5 Å². The maximum absolute atomic E-state index is 13.5. The zero-order valence-electron chi connectivity index (χ0n) is 18.8. The number of hydrogen-bond donors (Lipinski definition) is 1. The predicted molar refractivity (Wildman–Crippen MR) is 130 cm³/mol. The van der Waals surface area contributed by atoms with E-state index in [-0.39, 0.29) is 11.9 Å². The van der Waals surface area contributed by atoms with E-state index < -0.39 is 11.9 Å². The fourth-order valence-electron chi connectivity index (χ4n) is 4.02. The number of urea groups is 1. The summed E-state index contributed by atoms with van der Waals surface area (Å²) in [4.78, 5) is 19.3. The number of nitrogens with zero attached hydrogens (tertiary/aromatic N) is 3. The number of hydrogen-bond acceptors (Lipinski definition) is 5. The molecule has 7 nitrogen and oxygen atoms in total. The molecule has 0 radical (unpaired) electrons. The Morgan fingerprint density at radius 1 is 1.03 bits per heavy atom. The molecule has 1 aromatic heterocycles. The summed E-state index contributed by atoms with van der Waals surface area (Å²) in [6, 6.07) is 19.2. The van der Waals surface area contributed by atoms with E-state index in [9.17, 15) is 9.18 Å². The topological polar surface area (TPSA) is 80.5 Å². The largest absolute Gasteiger partial charge is 0.497 e. The van der Waals surface area contributed by atoms with Gasteiger partial charge in [0.25, 0.3) is 5.89 Å². The third-order valence-electron chi connectivity index (χ3n) is 5.78. The molecule has 0 saturated heterocycles. The van der Waals surface area contributed by atoms with Crippen molar-refractivity contribution in [1.82, 2.24) is 15.5 Å². The SMILES string of the molecule is COc1ccc(-c2noc(C3=C(C)N(c4ccc(F)cc4)C(=O)NC3c3ccc(Cl)cc3)n2)cc1. The number of allylic oxidation sites excluding steroid dienone is 1. The smallest absolute Gasteiger partial charge is 0.326 e. The molecule has 2 amide bonds. The van der Waals surface area contributed by atoms with Crippen LogP contribution in [0.1, 0.15) is 24.4 Å². The summed E-state index contributed by atoms with van der Waals surface area (Å²) < 4.78 is 24.4. The standard InChI is InChI=1S/C26H20ClFN4O3/c1-15-22(25-30-24(31-35-25)17-5-13-21(34-2)14-6-17)23(16-3-7-18(27)8-4-16)29-26(33)32(15)20-11-9-19(28)10-12-20/h3-14,23H,1-2H3,(H,29,33). The van der Waals surface area contributed by atoms with Crippen LogP contribution < -0.4 is 15.0 Å². The van der Waals surface area contributed by atoms with Crippen molar-refractivity contribution in [3.05, 3.63) is 101 Å². The fourth-order valence-corrected chi connectivity index (χ4v) is 4.14. The van der Waals surface area contributed by atoms with Crippen LogP contribution in [-0.4, -0.2) is 23.3 Å². The molecule has 5 rings (SSSR count). The fraction of sp³-hybridized carbons (Fsp3) is 0.115. The Balaban J connectivity index is 1.62. The van der Waals surface area contributed by atoms with Gasteiger partial charge in [0.2, 0.25) is 5.82 Å². The molecule has 2 heterocycles. The summed E-state index contributed by atoms with van der Waals surface area (Å²) in [6.07, 6.45) is 0. The van der Waals surface area contributed by atoms with E-state index in [0.29, 0.717) is 33.6 Å². The van der Waals surface area contributed by atoms with Crippen LogP contribution in [0.15, 0.2) is 83.0 Å². The number of carbonyl (C=O) groups is 1. The number of methoxy groups -OCH3 is 1. The van der Waals surface area contributed by atoms with Gasteiger partial charge in [0, 0.05) is 16.3 Å². The highest BCUT2D eigenvalue weighted by atomic mass is 35.5. The first kappa shape index (κ1) is 22.6. The highest BCUT2D eigenvalue weighted by Gasteiger charge is 2.36. The highest BCUT2D eigenvalue weighted by Crippen LogP contribution is 2.39. The van der Waals surface area contributed by atoms with Gasteiger partial charge in [-0.2, -0.15) is 4.98 Å². The van der Waals surface area contributed by atoms with Gasteiger partial charge in [0.1, 0.15) is 11.6 Å². The number of benzene rings is 3. The van der Waals surface area contributed by atoms with Gasteiger partial charge in [-0.05, 0) is 73.2 Å². The van der Waals surface area contributed by atoms with Gasteiger partial charge in [0.15, 0.2) is 0 Å². The zero-order valence-corrected chi connectivity index (χ0v) is 19.6. The number of nitrogens with one attached hydrogen (secondary N) is 1. The minimum atomic E-state index is -0.569. The predicted octanol–water partition coefficient (Wildman–Crippen LogP) is 6.24. The van der Waals surface area contributed by atoms with E-state index in [1.54, 1.807) is 26.2 Å². The minimum Gasteiger partial charge on any atom is -0.497 e. The Kier molecular flexibility index (Phi) is 5.96. The van der Waals surface area contributed by atoms with Crippen molar-refractivity contribution in [2.24, 2.45) is 0 Å². The second-order valence-electron chi connectivity index (χ2n) is 7.90. The summed E-state index contributed by atoms with van der Waals surface area (Å²) in [5.41, 5.74) is 3.23. The number of carbonyl (C=O) groups excluding carboxylic acids is 1. The van der Waals surface area contributed by atoms with Crippen LogP contribution in [0.25, 0.3) is 17.0 Å². The summed E-state index contributed by atoms with van der Waals surface area (Å²) in [5, 5.41) is 7.74. The summed E-state index contributed by atoms with van der Waals surface area (Å²) in [6.45, 7) is 1.79. The van der Waals surface area contributed by atoms with Gasteiger partial charge < -0.3 is 14.6 Å². The monoisotopic (exact) mass is 490 g/mol. The van der Waals surface area contributed by atoms with Gasteiger partial charge >= 0.3 is 6.03 Å². The molecule has 1 aliphatic heterocycles. The molecule has 0 fully saturated rings. The van der Waals surface area contributed by atoms with E-state index in [1.807, 2.05) is 36.4 Å². The molecule has 1 unspecified atom stereocenters. The quantitative estimate of drug-likeness (QED) is 0.358. The van der Waals surface area contributed by atoms with Gasteiger partial charge in [-0.25, -0.2) is 9.18 Å². The molecule has 0 bridgehead atoms. The van der Waals surface area contributed by atoms with Gasteiger partial charge in [-0.3, -0.25) is 4.90 Å². The van der Waals surface area contributed by atoms with E-state index in [0.717, 1.165) is 11.1 Å². The Labute approximate surface area is 205 Å². The molecule has 1 atom stereocenters. The van der Waals surface area contributed by atoms with Crippen molar-refractivity contribution in [2.75, 3.05) is 12.0 Å². The van der Waals surface area contributed by atoms with Crippen molar-refractivity contribution in [3.8, 4) is 17.1 Å². The maximum atomic E-state index is 13.5. The Hall–Kier alpha value is -4.17. The van der Waals surface area contributed by atoms with Crippen LogP contribution >= 0.6 is 11.6 Å². The zero-order chi connectivity index (χ0) is 24.5. The molecule has 1 aliphatic rings. The first-order chi connectivity index (χ1) is 16.9. The van der Waals surface area contributed by atoms with Crippen LogP contribution in [0.4, 0.5) is 14.9 Å². The Bertz CT molecular complexity index is 1400. The number of rotatable bonds is 5. The van der Waals surface area contributed by atoms with Crippen molar-refractivity contribution >= 4 is 28.9 Å². The third-order valence-corrected chi connectivity index (χ3v) is 6.03. The molecule has 35 heavy (non-hydrogen) atoms. The van der Waals surface area contributed by atoms with E-state index in [1.165, 1.54) is 29.2 Å². The average molecular weight is 491 g/mol. The average Bonchev–Trinajstić information content (AvgIpc) is 3.35. The van der Waals surface area contributed by atoms with Gasteiger partial charge in [-0.1, -0.05) is 28.9 Å². The summed E-state index contributed by atoms with van der Waals surface area (Å²) in [5.74, 6) is 0.959. The molecule has 3 aromatic carbocycles. The lowest BCUT2D eigenvalue weighted by molar-refractivity contribution is 0.244. The molecule has 0 spiro atoms. The van der Waals surface area contributed by atoms with Crippen molar-refractivity contribution in [2.45, 2.75) is 13.0 Å². The molecule has 9 heteroatoms. The molecule has 0 saturated carbocycles.